The number of aromatic nitrogens is 2. The first-order valence-electron chi connectivity index (χ1n) is 13.5. The van der Waals surface area contributed by atoms with Gasteiger partial charge in [0.1, 0.15) is 11.5 Å². The van der Waals surface area contributed by atoms with Crippen molar-refractivity contribution in [1.29, 1.82) is 0 Å². The van der Waals surface area contributed by atoms with E-state index in [2.05, 4.69) is 9.88 Å². The highest BCUT2D eigenvalue weighted by molar-refractivity contribution is 5.81. The molecule has 11 nitrogen and oxygen atoms in total. The van der Waals surface area contributed by atoms with E-state index in [-0.39, 0.29) is 41.7 Å². The summed E-state index contributed by atoms with van der Waals surface area (Å²) in [7, 11) is 1.52. The van der Waals surface area contributed by atoms with Gasteiger partial charge in [0.15, 0.2) is 5.76 Å². The fourth-order valence-corrected chi connectivity index (χ4v) is 6.35. The number of ether oxygens (including phenoxy) is 1. The van der Waals surface area contributed by atoms with Gasteiger partial charge in [-0.3, -0.25) is 24.1 Å². The van der Waals surface area contributed by atoms with Crippen molar-refractivity contribution in [1.82, 2.24) is 14.5 Å². The molecule has 3 aromatic heterocycles. The van der Waals surface area contributed by atoms with E-state index >= 15 is 0 Å². The molecule has 3 atom stereocenters. The van der Waals surface area contributed by atoms with Gasteiger partial charge in [-0.2, -0.15) is 0 Å². The number of nitrogens with two attached hydrogens (primary N) is 1. The minimum atomic E-state index is -1.10. The molecule has 2 aliphatic rings. The van der Waals surface area contributed by atoms with E-state index in [1.54, 1.807) is 36.4 Å². The average Bonchev–Trinajstić information content (AvgIpc) is 2.93. The van der Waals surface area contributed by atoms with Crippen LogP contribution >= 0.6 is 0 Å². The van der Waals surface area contributed by atoms with E-state index in [4.69, 9.17) is 14.9 Å². The van der Waals surface area contributed by atoms with E-state index < -0.39 is 28.6 Å². The number of H-pyrrole nitrogens is 1. The standard InChI is InChI=1S/C30H30N4O7/c1-40-19-5-6-23-17(8-19)9-22(30(39)32-23)21(11-26(31)36)29-28(38)25(35)10-20(41-29)15-33-12-16-7-18(14-33)24-3-2-4-27(37)34(24)13-16/h2-6,8-10,16,18,21,38H,7,11-15H2,1H3,(H2,31,36)(H,32,39)/t16-,18+,21?/m1/s1. The summed E-state index contributed by atoms with van der Waals surface area (Å²) in [5.41, 5.74) is 6.05. The van der Waals surface area contributed by atoms with Crippen LogP contribution in [0.4, 0.5) is 0 Å². The Hall–Kier alpha value is -4.64. The van der Waals surface area contributed by atoms with Gasteiger partial charge < -0.3 is 29.5 Å². The lowest BCUT2D eigenvalue weighted by atomic mass is 9.83. The monoisotopic (exact) mass is 558 g/mol. The first-order chi connectivity index (χ1) is 19.7. The second kappa shape index (κ2) is 10.4. The lowest BCUT2D eigenvalue weighted by molar-refractivity contribution is -0.118. The number of hydrogen-bond donors (Lipinski definition) is 3. The van der Waals surface area contributed by atoms with Crippen molar-refractivity contribution >= 4 is 16.8 Å². The van der Waals surface area contributed by atoms with Gasteiger partial charge in [-0.05, 0) is 42.7 Å². The smallest absolute Gasteiger partial charge is 0.252 e. The predicted molar refractivity (Wildman–Crippen MR) is 150 cm³/mol. The Kier molecular flexibility index (Phi) is 6.74. The number of aromatic hydroxyl groups is 1. The normalized spacial score (nSPS) is 19.0. The number of hydrogen-bond acceptors (Lipinski definition) is 8. The largest absolute Gasteiger partial charge is 0.502 e. The summed E-state index contributed by atoms with van der Waals surface area (Å²) < 4.78 is 13.2. The molecule has 0 radical (unpaired) electrons. The number of carbonyl (C=O) groups excluding carboxylic acids is 1. The van der Waals surface area contributed by atoms with Crippen LogP contribution in [0.5, 0.6) is 11.5 Å². The van der Waals surface area contributed by atoms with E-state index in [0.717, 1.165) is 12.1 Å². The van der Waals surface area contributed by atoms with Crippen LogP contribution in [0.15, 0.2) is 67.3 Å². The number of amides is 1. The summed E-state index contributed by atoms with van der Waals surface area (Å²) in [5, 5.41) is 11.4. The maximum absolute atomic E-state index is 13.1. The van der Waals surface area contributed by atoms with Crippen LogP contribution in [-0.4, -0.2) is 45.7 Å². The number of piperidine rings is 1. The number of fused-ring (bicyclic) bond motifs is 5. The molecular formula is C30H30N4O7. The van der Waals surface area contributed by atoms with Crippen molar-refractivity contribution in [3.63, 3.8) is 0 Å². The molecule has 212 valence electrons. The second-order valence-corrected chi connectivity index (χ2v) is 10.9. The zero-order valence-electron chi connectivity index (χ0n) is 22.5. The van der Waals surface area contributed by atoms with Crippen LogP contribution in [0.3, 0.4) is 0 Å². The van der Waals surface area contributed by atoms with Crippen molar-refractivity contribution in [2.75, 3.05) is 20.2 Å². The van der Waals surface area contributed by atoms with Gasteiger partial charge in [-0.15, -0.1) is 0 Å². The number of rotatable bonds is 7. The molecule has 0 saturated carbocycles. The Morgan fingerprint density at radius 2 is 1.98 bits per heavy atom. The highest BCUT2D eigenvalue weighted by atomic mass is 16.5. The number of methoxy groups -OCH3 is 1. The molecule has 41 heavy (non-hydrogen) atoms. The van der Waals surface area contributed by atoms with Gasteiger partial charge in [0.2, 0.25) is 17.1 Å². The third-order valence-corrected chi connectivity index (χ3v) is 8.11. The fraction of sp³-hybridized carbons (Fsp3) is 0.333. The van der Waals surface area contributed by atoms with Gasteiger partial charge in [0.05, 0.1) is 19.6 Å². The maximum Gasteiger partial charge on any atom is 0.252 e. The Morgan fingerprint density at radius 3 is 2.76 bits per heavy atom. The molecule has 1 saturated heterocycles. The molecule has 1 aromatic carbocycles. The molecule has 4 aromatic rings. The Labute approximate surface area is 233 Å². The van der Waals surface area contributed by atoms with Crippen LogP contribution in [0.2, 0.25) is 0 Å². The number of primary amides is 1. The second-order valence-electron chi connectivity index (χ2n) is 10.9. The van der Waals surface area contributed by atoms with Crippen LogP contribution in [0, 0.1) is 5.92 Å². The minimum Gasteiger partial charge on any atom is -0.502 e. The van der Waals surface area contributed by atoms with Gasteiger partial charge >= 0.3 is 0 Å². The van der Waals surface area contributed by atoms with Crippen molar-refractivity contribution in [2.24, 2.45) is 11.7 Å². The lowest BCUT2D eigenvalue weighted by Gasteiger charge is -2.42. The number of pyridine rings is 2. The quantitative estimate of drug-likeness (QED) is 0.310. The molecule has 11 heteroatoms. The highest BCUT2D eigenvalue weighted by Gasteiger charge is 2.35. The molecule has 0 spiro atoms. The summed E-state index contributed by atoms with van der Waals surface area (Å²) in [6.07, 6.45) is 0.610. The average molecular weight is 559 g/mol. The van der Waals surface area contributed by atoms with E-state index in [9.17, 15) is 24.3 Å². The zero-order chi connectivity index (χ0) is 28.8. The number of carbonyl (C=O) groups is 1. The molecule has 4 N–H and O–H groups in total. The molecule has 2 bridgehead atoms. The number of nitrogens with one attached hydrogen (secondary N) is 1. The van der Waals surface area contributed by atoms with Crippen molar-refractivity contribution in [3.05, 3.63) is 102 Å². The number of likely N-dealkylation sites (tertiary alicyclic amines) is 1. The Bertz CT molecular complexity index is 1840. The summed E-state index contributed by atoms with van der Waals surface area (Å²) in [5.74, 6) is -1.40. The zero-order valence-corrected chi connectivity index (χ0v) is 22.5. The molecular weight excluding hydrogens is 528 g/mol. The molecule has 2 aliphatic heterocycles. The predicted octanol–water partition coefficient (Wildman–Crippen LogP) is 1.98. The van der Waals surface area contributed by atoms with E-state index in [1.165, 1.54) is 13.2 Å². The maximum atomic E-state index is 13.1. The molecule has 5 heterocycles. The van der Waals surface area contributed by atoms with Gasteiger partial charge in [-0.25, -0.2) is 0 Å². The van der Waals surface area contributed by atoms with Crippen molar-refractivity contribution in [2.45, 2.75) is 37.8 Å². The lowest BCUT2D eigenvalue weighted by Crippen LogP contribution is -2.46. The molecule has 1 fully saturated rings. The molecule has 1 amide bonds. The first-order valence-corrected chi connectivity index (χ1v) is 13.5. The molecule has 1 unspecified atom stereocenters. The number of aromatic amines is 1. The summed E-state index contributed by atoms with van der Waals surface area (Å²) >= 11 is 0. The summed E-state index contributed by atoms with van der Waals surface area (Å²) in [4.78, 5) is 55.5. The Balaban J connectivity index is 1.36. The SMILES string of the molecule is COc1ccc2[nH]c(=O)c(C(CC(N)=O)c3oc(CN4C[C@H]5C[C@@H](C4)c4cccc(=O)n4C5)cc(=O)c3O)cc2c1. The highest BCUT2D eigenvalue weighted by Crippen LogP contribution is 2.37. The minimum absolute atomic E-state index is 0.00226. The van der Waals surface area contributed by atoms with Gasteiger partial charge in [0, 0.05) is 66.3 Å². The van der Waals surface area contributed by atoms with Gasteiger partial charge in [0.25, 0.3) is 11.1 Å². The van der Waals surface area contributed by atoms with Crippen molar-refractivity contribution in [3.8, 4) is 11.5 Å². The van der Waals surface area contributed by atoms with E-state index in [1.807, 2.05) is 10.6 Å². The number of benzene rings is 1. The third kappa shape index (κ3) is 5.04. The third-order valence-electron chi connectivity index (χ3n) is 8.11. The van der Waals surface area contributed by atoms with Gasteiger partial charge in [-0.1, -0.05) is 6.07 Å². The van der Waals surface area contributed by atoms with Crippen LogP contribution in [0.25, 0.3) is 10.9 Å². The molecule has 6 rings (SSSR count). The van der Waals surface area contributed by atoms with Crippen molar-refractivity contribution < 1.29 is 19.1 Å². The molecule has 0 aliphatic carbocycles. The van der Waals surface area contributed by atoms with Crippen LogP contribution in [0.1, 0.15) is 47.5 Å². The summed E-state index contributed by atoms with van der Waals surface area (Å²) in [6, 6.07) is 13.3. The summed E-state index contributed by atoms with van der Waals surface area (Å²) in [6.45, 7) is 2.27. The van der Waals surface area contributed by atoms with E-state index in [0.29, 0.717) is 42.0 Å². The number of nitrogens with zero attached hydrogens (tertiary/aromatic N) is 2. The van der Waals surface area contributed by atoms with Crippen LogP contribution < -0.4 is 27.0 Å². The Morgan fingerprint density at radius 1 is 1.15 bits per heavy atom. The fourth-order valence-electron chi connectivity index (χ4n) is 6.35. The topological polar surface area (TPSA) is 161 Å². The first kappa shape index (κ1) is 26.6. The van der Waals surface area contributed by atoms with Crippen LogP contribution in [-0.2, 0) is 17.9 Å².